The average molecular weight is 213 g/mol. The van der Waals surface area contributed by atoms with Gasteiger partial charge in [-0.05, 0) is 12.8 Å². The lowest BCUT2D eigenvalue weighted by atomic mass is 9.94. The van der Waals surface area contributed by atoms with Crippen LogP contribution in [0.3, 0.4) is 0 Å². The molecule has 0 amide bonds. The predicted octanol–water partition coefficient (Wildman–Crippen LogP) is 2.06. The molecule has 0 aromatic heterocycles. The Kier molecular flexibility index (Phi) is 3.65. The van der Waals surface area contributed by atoms with Crippen molar-refractivity contribution in [2.45, 2.75) is 63.9 Å². The van der Waals surface area contributed by atoms with E-state index in [-0.39, 0.29) is 11.9 Å². The molecule has 88 valence electrons. The zero-order chi connectivity index (χ0) is 10.7. The van der Waals surface area contributed by atoms with E-state index < -0.39 is 0 Å². The second-order valence-corrected chi connectivity index (χ2v) is 5.09. The fourth-order valence-corrected chi connectivity index (χ4v) is 2.44. The summed E-state index contributed by atoms with van der Waals surface area (Å²) in [7, 11) is 0. The molecule has 1 unspecified atom stereocenters. The molecule has 1 heterocycles. The van der Waals surface area contributed by atoms with Crippen molar-refractivity contribution < 1.29 is 9.47 Å². The van der Waals surface area contributed by atoms with Gasteiger partial charge in [-0.1, -0.05) is 20.3 Å². The van der Waals surface area contributed by atoms with Crippen LogP contribution >= 0.6 is 0 Å². The summed E-state index contributed by atoms with van der Waals surface area (Å²) in [6, 6.07) is 0.525. The van der Waals surface area contributed by atoms with Crippen molar-refractivity contribution in [3.8, 4) is 0 Å². The zero-order valence-corrected chi connectivity index (χ0v) is 9.92. The second kappa shape index (κ2) is 4.81. The first kappa shape index (κ1) is 11.4. The van der Waals surface area contributed by atoms with Crippen LogP contribution in [0.1, 0.15) is 46.0 Å². The summed E-state index contributed by atoms with van der Waals surface area (Å²) < 4.78 is 11.9. The summed E-state index contributed by atoms with van der Waals surface area (Å²) in [4.78, 5) is 0. The summed E-state index contributed by atoms with van der Waals surface area (Å²) in [5, 5.41) is 3.40. The first-order chi connectivity index (χ1) is 7.20. The lowest BCUT2D eigenvalue weighted by molar-refractivity contribution is -0.186. The van der Waals surface area contributed by atoms with Crippen LogP contribution in [0.5, 0.6) is 0 Å². The predicted molar refractivity (Wildman–Crippen MR) is 59.8 cm³/mol. The molecular formula is C12H23NO2. The van der Waals surface area contributed by atoms with E-state index in [1.807, 2.05) is 0 Å². The first-order valence-electron chi connectivity index (χ1n) is 6.25. The highest BCUT2D eigenvalue weighted by Crippen LogP contribution is 2.37. The van der Waals surface area contributed by atoms with Crippen molar-refractivity contribution in [1.29, 1.82) is 0 Å². The van der Waals surface area contributed by atoms with Crippen molar-refractivity contribution in [1.82, 2.24) is 5.32 Å². The number of rotatable bonds is 3. The van der Waals surface area contributed by atoms with Gasteiger partial charge in [0, 0.05) is 25.4 Å². The van der Waals surface area contributed by atoms with Gasteiger partial charge < -0.3 is 14.8 Å². The maximum Gasteiger partial charge on any atom is 0.168 e. The van der Waals surface area contributed by atoms with Gasteiger partial charge in [-0.3, -0.25) is 0 Å². The van der Waals surface area contributed by atoms with Crippen LogP contribution in [0.15, 0.2) is 0 Å². The highest BCUT2D eigenvalue weighted by molar-refractivity contribution is 4.83. The molecule has 2 rings (SSSR count). The number of ether oxygens (including phenoxy) is 2. The molecule has 2 fully saturated rings. The van der Waals surface area contributed by atoms with Gasteiger partial charge >= 0.3 is 0 Å². The third-order valence-corrected chi connectivity index (χ3v) is 3.28. The van der Waals surface area contributed by atoms with E-state index in [1.54, 1.807) is 0 Å². The van der Waals surface area contributed by atoms with Gasteiger partial charge in [0.15, 0.2) is 5.79 Å². The molecule has 1 N–H and O–H groups in total. The van der Waals surface area contributed by atoms with Gasteiger partial charge in [-0.2, -0.15) is 0 Å². The first-order valence-corrected chi connectivity index (χ1v) is 6.25. The molecule has 0 aromatic carbocycles. The molecule has 3 nitrogen and oxygen atoms in total. The van der Waals surface area contributed by atoms with E-state index in [4.69, 9.17) is 9.47 Å². The largest absolute Gasteiger partial charge is 0.347 e. The van der Waals surface area contributed by atoms with E-state index in [2.05, 4.69) is 19.2 Å². The van der Waals surface area contributed by atoms with Crippen LogP contribution in [0.25, 0.3) is 0 Å². The molecule has 1 spiro atoms. The van der Waals surface area contributed by atoms with Crippen LogP contribution < -0.4 is 5.32 Å². The van der Waals surface area contributed by atoms with Crippen molar-refractivity contribution in [3.63, 3.8) is 0 Å². The Balaban J connectivity index is 1.78. The SMILES string of the molecule is CC(C)NCC1COC2(CCCCC2)O1. The number of hydrogen-bond donors (Lipinski definition) is 1. The lowest BCUT2D eigenvalue weighted by Gasteiger charge is -2.31. The summed E-state index contributed by atoms with van der Waals surface area (Å²) >= 11 is 0. The summed E-state index contributed by atoms with van der Waals surface area (Å²) in [6.45, 7) is 6.00. The Morgan fingerprint density at radius 3 is 2.67 bits per heavy atom. The van der Waals surface area contributed by atoms with Crippen LogP contribution in [-0.4, -0.2) is 31.1 Å². The Bertz CT molecular complexity index is 200. The van der Waals surface area contributed by atoms with Crippen molar-refractivity contribution in [3.05, 3.63) is 0 Å². The van der Waals surface area contributed by atoms with E-state index in [1.165, 1.54) is 19.3 Å². The molecule has 0 aromatic rings. The minimum atomic E-state index is -0.207. The third-order valence-electron chi connectivity index (χ3n) is 3.28. The van der Waals surface area contributed by atoms with Crippen LogP contribution in [-0.2, 0) is 9.47 Å². The highest BCUT2D eigenvalue weighted by atomic mass is 16.7. The quantitative estimate of drug-likeness (QED) is 0.778. The molecule has 3 heteroatoms. The summed E-state index contributed by atoms with van der Waals surface area (Å²) in [5.74, 6) is -0.207. The maximum atomic E-state index is 6.06. The molecule has 0 bridgehead atoms. The molecule has 1 saturated heterocycles. The van der Waals surface area contributed by atoms with Gasteiger partial charge in [-0.25, -0.2) is 0 Å². The fraction of sp³-hybridized carbons (Fsp3) is 1.00. The molecule has 1 aliphatic heterocycles. The molecule has 0 radical (unpaired) electrons. The van der Waals surface area contributed by atoms with Gasteiger partial charge in [-0.15, -0.1) is 0 Å². The van der Waals surface area contributed by atoms with Crippen molar-refractivity contribution in [2.75, 3.05) is 13.2 Å². The normalized spacial score (nSPS) is 30.2. The van der Waals surface area contributed by atoms with Gasteiger partial charge in [0.1, 0.15) is 0 Å². The average Bonchev–Trinajstić information content (AvgIpc) is 2.60. The number of nitrogens with one attached hydrogen (secondary N) is 1. The highest BCUT2D eigenvalue weighted by Gasteiger charge is 2.41. The van der Waals surface area contributed by atoms with E-state index >= 15 is 0 Å². The minimum Gasteiger partial charge on any atom is -0.347 e. The minimum absolute atomic E-state index is 0.207. The van der Waals surface area contributed by atoms with Crippen LogP contribution in [0.4, 0.5) is 0 Å². The Hall–Kier alpha value is -0.120. The van der Waals surface area contributed by atoms with E-state index in [9.17, 15) is 0 Å². The second-order valence-electron chi connectivity index (χ2n) is 5.09. The van der Waals surface area contributed by atoms with E-state index in [0.717, 1.165) is 26.0 Å². The summed E-state index contributed by atoms with van der Waals surface area (Å²) in [5.41, 5.74) is 0. The zero-order valence-electron chi connectivity index (χ0n) is 9.92. The molecule has 15 heavy (non-hydrogen) atoms. The smallest absolute Gasteiger partial charge is 0.168 e. The van der Waals surface area contributed by atoms with Crippen molar-refractivity contribution >= 4 is 0 Å². The summed E-state index contributed by atoms with van der Waals surface area (Å²) in [6.07, 6.45) is 6.28. The fourth-order valence-electron chi connectivity index (χ4n) is 2.44. The third kappa shape index (κ3) is 2.92. The molecule has 1 saturated carbocycles. The van der Waals surface area contributed by atoms with Gasteiger partial charge in [0.25, 0.3) is 0 Å². The van der Waals surface area contributed by atoms with Crippen LogP contribution in [0, 0.1) is 0 Å². The van der Waals surface area contributed by atoms with Gasteiger partial charge in [0.05, 0.1) is 12.7 Å². The molecule has 1 atom stereocenters. The molecule has 1 aliphatic carbocycles. The Morgan fingerprint density at radius 2 is 2.00 bits per heavy atom. The standard InChI is InChI=1S/C12H23NO2/c1-10(2)13-8-11-9-14-12(15-11)6-4-3-5-7-12/h10-11,13H,3-9H2,1-2H3. The van der Waals surface area contributed by atoms with Crippen molar-refractivity contribution in [2.24, 2.45) is 0 Å². The van der Waals surface area contributed by atoms with Crippen LogP contribution in [0.2, 0.25) is 0 Å². The molecule has 2 aliphatic rings. The van der Waals surface area contributed by atoms with Gasteiger partial charge in [0.2, 0.25) is 0 Å². The topological polar surface area (TPSA) is 30.5 Å². The monoisotopic (exact) mass is 213 g/mol. The Labute approximate surface area is 92.5 Å². The number of hydrogen-bond acceptors (Lipinski definition) is 3. The van der Waals surface area contributed by atoms with E-state index in [0.29, 0.717) is 6.04 Å². The maximum absolute atomic E-state index is 6.06. The Morgan fingerprint density at radius 1 is 1.27 bits per heavy atom. The lowest BCUT2D eigenvalue weighted by Crippen LogP contribution is -2.37. The molecular weight excluding hydrogens is 190 g/mol.